The van der Waals surface area contributed by atoms with E-state index < -0.39 is 0 Å². The van der Waals surface area contributed by atoms with Crippen LogP contribution in [0, 0.1) is 11.7 Å². The average molecular weight is 302 g/mol. The molecule has 4 nitrogen and oxygen atoms in total. The Balaban J connectivity index is 2.01. The summed E-state index contributed by atoms with van der Waals surface area (Å²) in [6.07, 6.45) is 4.97. The highest BCUT2D eigenvalue weighted by Gasteiger charge is 2.24. The Hall–Kier alpha value is -1.62. The van der Waals surface area contributed by atoms with Gasteiger partial charge in [0.25, 0.3) is 0 Å². The standard InChI is InChI=1S/C16H22N4S/c1-3-19(13-10-8-12(2)9-11-13)15-17-18-16(21)20(15)14-6-4-5-7-14/h8-11,14H,3-7H2,1-2H3,(H,18,21). The van der Waals surface area contributed by atoms with Gasteiger partial charge in [-0.1, -0.05) is 30.5 Å². The molecule has 0 saturated heterocycles. The van der Waals surface area contributed by atoms with Gasteiger partial charge in [0.05, 0.1) is 0 Å². The van der Waals surface area contributed by atoms with Crippen LogP contribution in [-0.4, -0.2) is 21.3 Å². The van der Waals surface area contributed by atoms with Crippen LogP contribution in [0.1, 0.15) is 44.2 Å². The Bertz CT molecular complexity index is 650. The van der Waals surface area contributed by atoms with Crippen molar-refractivity contribution in [2.24, 2.45) is 0 Å². The summed E-state index contributed by atoms with van der Waals surface area (Å²) < 4.78 is 2.95. The third-order valence-corrected chi connectivity index (χ3v) is 4.57. The van der Waals surface area contributed by atoms with E-state index in [0.29, 0.717) is 6.04 Å². The van der Waals surface area contributed by atoms with Crippen molar-refractivity contribution in [1.29, 1.82) is 0 Å². The maximum Gasteiger partial charge on any atom is 0.230 e. The number of hydrogen-bond acceptors (Lipinski definition) is 3. The van der Waals surface area contributed by atoms with E-state index in [1.807, 2.05) is 0 Å². The molecular formula is C16H22N4S. The quantitative estimate of drug-likeness (QED) is 0.844. The van der Waals surface area contributed by atoms with Crippen molar-refractivity contribution >= 4 is 23.9 Å². The van der Waals surface area contributed by atoms with Crippen LogP contribution in [0.3, 0.4) is 0 Å². The number of aryl methyl sites for hydroxylation is 1. The minimum absolute atomic E-state index is 0.491. The third kappa shape index (κ3) is 2.75. The van der Waals surface area contributed by atoms with Gasteiger partial charge in [-0.25, -0.2) is 5.10 Å². The molecule has 2 aromatic rings. The number of aromatic amines is 1. The lowest BCUT2D eigenvalue weighted by atomic mass is 10.2. The fourth-order valence-electron chi connectivity index (χ4n) is 3.14. The van der Waals surface area contributed by atoms with Gasteiger partial charge in [0.1, 0.15) is 0 Å². The first kappa shape index (κ1) is 14.3. The Morgan fingerprint density at radius 3 is 2.57 bits per heavy atom. The number of rotatable bonds is 4. The van der Waals surface area contributed by atoms with Crippen LogP contribution < -0.4 is 4.90 Å². The van der Waals surface area contributed by atoms with Gasteiger partial charge in [-0.3, -0.25) is 4.57 Å². The molecule has 5 heteroatoms. The fraction of sp³-hybridized carbons (Fsp3) is 0.500. The minimum atomic E-state index is 0.491. The van der Waals surface area contributed by atoms with Crippen molar-refractivity contribution in [3.05, 3.63) is 34.6 Å². The second-order valence-electron chi connectivity index (χ2n) is 5.72. The maximum absolute atomic E-state index is 5.47. The normalized spacial score (nSPS) is 15.5. The van der Waals surface area contributed by atoms with E-state index in [-0.39, 0.29) is 0 Å². The monoisotopic (exact) mass is 302 g/mol. The van der Waals surface area contributed by atoms with Crippen molar-refractivity contribution in [3.8, 4) is 0 Å². The van der Waals surface area contributed by atoms with E-state index in [1.54, 1.807) is 0 Å². The molecule has 0 spiro atoms. The van der Waals surface area contributed by atoms with Gasteiger partial charge in [0.15, 0.2) is 4.77 Å². The Kier molecular flexibility index (Phi) is 4.10. The summed E-state index contributed by atoms with van der Waals surface area (Å²) in [7, 11) is 0. The Morgan fingerprint density at radius 2 is 1.95 bits per heavy atom. The van der Waals surface area contributed by atoms with Crippen molar-refractivity contribution < 1.29 is 0 Å². The number of anilines is 2. The van der Waals surface area contributed by atoms with E-state index in [4.69, 9.17) is 12.2 Å². The zero-order valence-corrected chi connectivity index (χ0v) is 13.5. The molecule has 1 aliphatic carbocycles. The molecule has 0 aliphatic heterocycles. The Morgan fingerprint density at radius 1 is 1.29 bits per heavy atom. The van der Waals surface area contributed by atoms with E-state index in [1.165, 1.54) is 31.2 Å². The molecule has 112 valence electrons. The zero-order chi connectivity index (χ0) is 14.8. The molecule has 21 heavy (non-hydrogen) atoms. The summed E-state index contributed by atoms with van der Waals surface area (Å²) in [6.45, 7) is 5.13. The second-order valence-corrected chi connectivity index (χ2v) is 6.10. The number of aromatic nitrogens is 3. The van der Waals surface area contributed by atoms with Gasteiger partial charge < -0.3 is 4.90 Å². The van der Waals surface area contributed by atoms with Crippen LogP contribution in [0.25, 0.3) is 0 Å². The van der Waals surface area contributed by atoms with Crippen LogP contribution in [0.5, 0.6) is 0 Å². The van der Waals surface area contributed by atoms with Crippen molar-refractivity contribution in [2.75, 3.05) is 11.4 Å². The molecule has 0 bridgehead atoms. The lowest BCUT2D eigenvalue weighted by molar-refractivity contribution is 0.511. The van der Waals surface area contributed by atoms with E-state index in [2.05, 4.69) is 57.8 Å². The van der Waals surface area contributed by atoms with Gasteiger partial charge in [0.2, 0.25) is 5.95 Å². The largest absolute Gasteiger partial charge is 0.311 e. The van der Waals surface area contributed by atoms with Crippen molar-refractivity contribution in [3.63, 3.8) is 0 Å². The summed E-state index contributed by atoms with van der Waals surface area (Å²) in [6, 6.07) is 9.06. The summed E-state index contributed by atoms with van der Waals surface area (Å²) in [5.41, 5.74) is 2.43. The molecule has 1 heterocycles. The molecule has 1 aliphatic rings. The molecule has 1 saturated carbocycles. The highest BCUT2D eigenvalue weighted by molar-refractivity contribution is 7.71. The highest BCUT2D eigenvalue weighted by Crippen LogP contribution is 2.34. The topological polar surface area (TPSA) is 36.9 Å². The van der Waals surface area contributed by atoms with Gasteiger partial charge in [-0.15, -0.1) is 5.10 Å². The van der Waals surface area contributed by atoms with Crippen LogP contribution >= 0.6 is 12.2 Å². The van der Waals surface area contributed by atoms with Gasteiger partial charge in [-0.05, 0) is 51.0 Å². The van der Waals surface area contributed by atoms with Gasteiger partial charge in [-0.2, -0.15) is 0 Å². The number of H-pyrrole nitrogens is 1. The summed E-state index contributed by atoms with van der Waals surface area (Å²) in [5, 5.41) is 7.49. The molecule has 1 fully saturated rings. The predicted octanol–water partition coefficient (Wildman–Crippen LogP) is 4.52. The third-order valence-electron chi connectivity index (χ3n) is 4.28. The summed E-state index contributed by atoms with van der Waals surface area (Å²) in [4.78, 5) is 2.23. The maximum atomic E-state index is 5.47. The number of benzene rings is 1. The first-order valence-corrected chi connectivity index (χ1v) is 8.12. The first-order valence-electron chi connectivity index (χ1n) is 7.72. The number of hydrogen-bond donors (Lipinski definition) is 1. The van der Waals surface area contributed by atoms with E-state index in [0.717, 1.165) is 23.0 Å². The van der Waals surface area contributed by atoms with E-state index in [9.17, 15) is 0 Å². The predicted molar refractivity (Wildman–Crippen MR) is 88.8 cm³/mol. The Labute approximate surface area is 130 Å². The second kappa shape index (κ2) is 6.02. The molecule has 0 unspecified atom stereocenters. The van der Waals surface area contributed by atoms with Crippen LogP contribution in [0.2, 0.25) is 0 Å². The average Bonchev–Trinajstić information content (AvgIpc) is 3.11. The molecule has 0 radical (unpaired) electrons. The lowest BCUT2D eigenvalue weighted by Gasteiger charge is -2.24. The highest BCUT2D eigenvalue weighted by atomic mass is 32.1. The molecule has 0 atom stereocenters. The number of nitrogens with one attached hydrogen (secondary N) is 1. The summed E-state index contributed by atoms with van der Waals surface area (Å²) >= 11 is 5.47. The van der Waals surface area contributed by atoms with Crippen molar-refractivity contribution in [2.45, 2.75) is 45.6 Å². The van der Waals surface area contributed by atoms with Gasteiger partial charge in [0, 0.05) is 18.3 Å². The molecule has 1 N–H and O–H groups in total. The summed E-state index contributed by atoms with van der Waals surface area (Å²) in [5.74, 6) is 0.943. The molecular weight excluding hydrogens is 280 g/mol. The zero-order valence-electron chi connectivity index (χ0n) is 12.7. The molecule has 1 aromatic carbocycles. The molecule has 0 amide bonds. The van der Waals surface area contributed by atoms with E-state index >= 15 is 0 Å². The van der Waals surface area contributed by atoms with Crippen molar-refractivity contribution in [1.82, 2.24) is 14.8 Å². The SMILES string of the molecule is CCN(c1ccc(C)cc1)c1n[nH]c(=S)n1C1CCCC1. The van der Waals surface area contributed by atoms with Crippen LogP contribution in [0.4, 0.5) is 11.6 Å². The number of nitrogens with zero attached hydrogens (tertiary/aromatic N) is 3. The van der Waals surface area contributed by atoms with Crippen LogP contribution in [0.15, 0.2) is 24.3 Å². The molecule has 3 rings (SSSR count). The van der Waals surface area contributed by atoms with Crippen LogP contribution in [-0.2, 0) is 0 Å². The fourth-order valence-corrected chi connectivity index (χ4v) is 3.42. The lowest BCUT2D eigenvalue weighted by Crippen LogP contribution is -2.22. The smallest absolute Gasteiger partial charge is 0.230 e. The van der Waals surface area contributed by atoms with Gasteiger partial charge >= 0.3 is 0 Å². The minimum Gasteiger partial charge on any atom is -0.311 e. The first-order chi connectivity index (χ1) is 10.2. The molecule has 1 aromatic heterocycles.